The molecule has 1 aromatic heterocycles. The van der Waals surface area contributed by atoms with Crippen molar-refractivity contribution < 1.29 is 5.11 Å². The van der Waals surface area contributed by atoms with Gasteiger partial charge in [0.05, 0.1) is 25.0 Å². The van der Waals surface area contributed by atoms with Crippen molar-refractivity contribution in [2.24, 2.45) is 5.92 Å². The maximum atomic E-state index is 8.92. The molecule has 0 aliphatic heterocycles. The number of nitrogens with zero attached hydrogens (tertiary/aromatic N) is 2. The van der Waals surface area contributed by atoms with Gasteiger partial charge in [0, 0.05) is 12.2 Å². The van der Waals surface area contributed by atoms with E-state index in [1.54, 1.807) is 4.68 Å². The molecule has 4 nitrogen and oxygen atoms in total. The predicted octanol–water partition coefficient (Wildman–Crippen LogP) is 2.31. The molecule has 20 heavy (non-hydrogen) atoms. The van der Waals surface area contributed by atoms with Crippen molar-refractivity contribution in [2.45, 2.75) is 31.8 Å². The zero-order chi connectivity index (χ0) is 13.8. The molecule has 1 unspecified atom stereocenters. The number of aliphatic hydroxyl groups is 1. The molecule has 0 amide bonds. The van der Waals surface area contributed by atoms with E-state index in [2.05, 4.69) is 40.7 Å². The zero-order valence-electron chi connectivity index (χ0n) is 11.6. The first-order valence-corrected chi connectivity index (χ1v) is 7.29. The highest BCUT2D eigenvalue weighted by atomic mass is 16.3. The van der Waals surface area contributed by atoms with Gasteiger partial charge in [0.25, 0.3) is 0 Å². The Bertz CT molecular complexity index is 534. The number of hydrogen-bond acceptors (Lipinski definition) is 3. The maximum absolute atomic E-state index is 8.92. The Hall–Kier alpha value is -1.81. The molecular formula is C16H21N3O. The number of hydrogen-bond donors (Lipinski definition) is 2. The highest BCUT2D eigenvalue weighted by Gasteiger charge is 2.31. The van der Waals surface area contributed by atoms with Crippen molar-refractivity contribution in [3.05, 3.63) is 48.3 Å². The fourth-order valence-corrected chi connectivity index (χ4v) is 2.58. The van der Waals surface area contributed by atoms with Gasteiger partial charge in [-0.25, -0.2) is 0 Å². The molecule has 1 aromatic carbocycles. The summed E-state index contributed by atoms with van der Waals surface area (Å²) in [5.74, 6) is 0.774. The number of nitrogens with one attached hydrogen (secondary N) is 1. The van der Waals surface area contributed by atoms with Gasteiger partial charge in [-0.15, -0.1) is 0 Å². The van der Waals surface area contributed by atoms with Crippen LogP contribution in [0.4, 0.5) is 5.69 Å². The zero-order valence-corrected chi connectivity index (χ0v) is 11.6. The van der Waals surface area contributed by atoms with Gasteiger partial charge in [0.15, 0.2) is 0 Å². The molecular weight excluding hydrogens is 250 g/mol. The van der Waals surface area contributed by atoms with Crippen molar-refractivity contribution in [3.8, 4) is 0 Å². The number of rotatable bonds is 7. The molecule has 2 aromatic rings. The van der Waals surface area contributed by atoms with E-state index in [4.69, 9.17) is 5.11 Å². The van der Waals surface area contributed by atoms with Crippen LogP contribution < -0.4 is 5.32 Å². The van der Waals surface area contributed by atoms with E-state index in [9.17, 15) is 0 Å². The molecule has 0 radical (unpaired) electrons. The van der Waals surface area contributed by atoms with Crippen molar-refractivity contribution in [3.63, 3.8) is 0 Å². The van der Waals surface area contributed by atoms with Crippen LogP contribution in [-0.4, -0.2) is 27.5 Å². The van der Waals surface area contributed by atoms with Crippen LogP contribution in [-0.2, 0) is 13.0 Å². The summed E-state index contributed by atoms with van der Waals surface area (Å²) in [6.07, 6.45) is 7.49. The molecule has 1 atom stereocenters. The molecule has 0 spiro atoms. The highest BCUT2D eigenvalue weighted by Crippen LogP contribution is 2.35. The van der Waals surface area contributed by atoms with E-state index in [0.717, 1.165) is 18.0 Å². The van der Waals surface area contributed by atoms with Gasteiger partial charge in [0.2, 0.25) is 0 Å². The first-order chi connectivity index (χ1) is 9.85. The van der Waals surface area contributed by atoms with Gasteiger partial charge < -0.3 is 10.4 Å². The molecule has 1 heterocycles. The van der Waals surface area contributed by atoms with Gasteiger partial charge in [0.1, 0.15) is 0 Å². The molecule has 1 fully saturated rings. The van der Waals surface area contributed by atoms with Crippen LogP contribution >= 0.6 is 0 Å². The fraction of sp³-hybridized carbons (Fsp3) is 0.438. The summed E-state index contributed by atoms with van der Waals surface area (Å²) in [5, 5.41) is 16.8. The third kappa shape index (κ3) is 3.39. The van der Waals surface area contributed by atoms with Crippen molar-refractivity contribution in [2.75, 3.05) is 11.9 Å². The topological polar surface area (TPSA) is 50.1 Å². The molecule has 106 valence electrons. The second-order valence-corrected chi connectivity index (χ2v) is 5.49. The van der Waals surface area contributed by atoms with Crippen LogP contribution in [0.15, 0.2) is 42.7 Å². The van der Waals surface area contributed by atoms with E-state index in [1.807, 2.05) is 12.4 Å². The normalized spacial score (nSPS) is 16.1. The molecule has 3 rings (SSSR count). The number of aliphatic hydroxyl groups excluding tert-OH is 1. The Morgan fingerprint density at radius 3 is 2.80 bits per heavy atom. The molecule has 4 heteroatoms. The van der Waals surface area contributed by atoms with E-state index >= 15 is 0 Å². The first-order valence-electron chi connectivity index (χ1n) is 7.29. The molecule has 2 N–H and O–H groups in total. The van der Waals surface area contributed by atoms with E-state index < -0.39 is 0 Å². The Kier molecular flexibility index (Phi) is 4.02. The Labute approximate surface area is 119 Å². The van der Waals surface area contributed by atoms with Gasteiger partial charge in [-0.3, -0.25) is 4.68 Å². The van der Waals surface area contributed by atoms with E-state index in [0.29, 0.717) is 12.6 Å². The van der Waals surface area contributed by atoms with Gasteiger partial charge in [-0.05, 0) is 30.7 Å². The van der Waals surface area contributed by atoms with Gasteiger partial charge >= 0.3 is 0 Å². The predicted molar refractivity (Wildman–Crippen MR) is 79.6 cm³/mol. The average molecular weight is 271 g/mol. The summed E-state index contributed by atoms with van der Waals surface area (Å²) in [6.45, 7) is 0.672. The summed E-state index contributed by atoms with van der Waals surface area (Å²) < 4.78 is 1.77. The largest absolute Gasteiger partial charge is 0.394 e. The van der Waals surface area contributed by atoms with Crippen molar-refractivity contribution in [1.82, 2.24) is 9.78 Å². The first kappa shape index (κ1) is 13.2. The lowest BCUT2D eigenvalue weighted by atomic mass is 10.0. The maximum Gasteiger partial charge on any atom is 0.0728 e. The molecule has 1 aliphatic rings. The number of anilines is 1. The number of benzene rings is 1. The third-order valence-electron chi connectivity index (χ3n) is 3.80. The lowest BCUT2D eigenvalue weighted by Gasteiger charge is -2.18. The Morgan fingerprint density at radius 2 is 2.10 bits per heavy atom. The lowest BCUT2D eigenvalue weighted by Crippen LogP contribution is -2.24. The second-order valence-electron chi connectivity index (χ2n) is 5.49. The van der Waals surface area contributed by atoms with Crippen LogP contribution in [0.3, 0.4) is 0 Å². The number of aromatic nitrogens is 2. The van der Waals surface area contributed by atoms with Crippen LogP contribution in [0, 0.1) is 5.92 Å². The summed E-state index contributed by atoms with van der Waals surface area (Å²) in [6, 6.07) is 11.1. The minimum Gasteiger partial charge on any atom is -0.394 e. The molecule has 0 bridgehead atoms. The van der Waals surface area contributed by atoms with Crippen molar-refractivity contribution >= 4 is 5.69 Å². The quantitative estimate of drug-likeness (QED) is 0.812. The van der Waals surface area contributed by atoms with Crippen LogP contribution in [0.25, 0.3) is 0 Å². The van der Waals surface area contributed by atoms with Gasteiger partial charge in [-0.1, -0.05) is 30.3 Å². The van der Waals surface area contributed by atoms with Gasteiger partial charge in [-0.2, -0.15) is 5.10 Å². The second kappa shape index (κ2) is 6.09. The smallest absolute Gasteiger partial charge is 0.0728 e. The summed E-state index contributed by atoms with van der Waals surface area (Å²) in [4.78, 5) is 0. The summed E-state index contributed by atoms with van der Waals surface area (Å²) in [7, 11) is 0. The standard InChI is InChI=1S/C16H21N3O/c20-9-8-19-12-15(11-17-19)18-16(14-6-7-14)10-13-4-2-1-3-5-13/h1-5,11-12,14,16,18,20H,6-10H2. The third-order valence-corrected chi connectivity index (χ3v) is 3.80. The van der Waals surface area contributed by atoms with Crippen molar-refractivity contribution in [1.29, 1.82) is 0 Å². The highest BCUT2D eigenvalue weighted by molar-refractivity contribution is 5.40. The van der Waals surface area contributed by atoms with E-state index in [-0.39, 0.29) is 6.61 Å². The summed E-state index contributed by atoms with van der Waals surface area (Å²) in [5.41, 5.74) is 2.42. The minimum atomic E-state index is 0.122. The van der Waals surface area contributed by atoms with Crippen LogP contribution in [0.5, 0.6) is 0 Å². The lowest BCUT2D eigenvalue weighted by molar-refractivity contribution is 0.269. The fourth-order valence-electron chi connectivity index (χ4n) is 2.58. The van der Waals surface area contributed by atoms with E-state index in [1.165, 1.54) is 18.4 Å². The Balaban J connectivity index is 1.65. The Morgan fingerprint density at radius 1 is 1.30 bits per heavy atom. The van der Waals surface area contributed by atoms with Crippen LogP contribution in [0.1, 0.15) is 18.4 Å². The molecule has 1 saturated carbocycles. The van der Waals surface area contributed by atoms with Crippen LogP contribution in [0.2, 0.25) is 0 Å². The molecule has 1 aliphatic carbocycles. The summed E-state index contributed by atoms with van der Waals surface area (Å²) >= 11 is 0. The minimum absolute atomic E-state index is 0.122. The average Bonchev–Trinajstić information content (AvgIpc) is 3.22. The SMILES string of the molecule is OCCn1cc(NC(Cc2ccccc2)C2CC2)cn1. The monoisotopic (exact) mass is 271 g/mol. The molecule has 0 saturated heterocycles.